The van der Waals surface area contributed by atoms with E-state index in [9.17, 15) is 9.59 Å². The smallest absolute Gasteiger partial charge is 0.254 e. The molecule has 1 fully saturated rings. The maximum absolute atomic E-state index is 12.8. The number of rotatable bonds is 6. The molecule has 3 aromatic carbocycles. The van der Waals surface area contributed by atoms with Gasteiger partial charge < -0.3 is 10.6 Å². The first-order chi connectivity index (χ1) is 14.6. The average Bonchev–Trinajstić information content (AvgIpc) is 3.64. The van der Waals surface area contributed by atoms with E-state index < -0.39 is 5.91 Å². The molecule has 0 spiro atoms. The van der Waals surface area contributed by atoms with Gasteiger partial charge in [0.1, 0.15) is 6.54 Å². The van der Waals surface area contributed by atoms with E-state index in [1.54, 1.807) is 17.0 Å². The van der Waals surface area contributed by atoms with Crippen molar-refractivity contribution in [2.75, 3.05) is 6.54 Å². The molecule has 2 amide bonds. The second kappa shape index (κ2) is 10.4. The van der Waals surface area contributed by atoms with Crippen LogP contribution in [-0.2, 0) is 4.79 Å². The molecule has 1 saturated carbocycles. The molecule has 0 bridgehead atoms. The van der Waals surface area contributed by atoms with E-state index in [0.717, 1.165) is 5.56 Å². The van der Waals surface area contributed by atoms with Crippen molar-refractivity contribution in [2.24, 2.45) is 5.73 Å². The Kier molecular flexibility index (Phi) is 7.39. The van der Waals surface area contributed by atoms with Gasteiger partial charge in [-0.05, 0) is 48.9 Å². The third-order valence-corrected chi connectivity index (χ3v) is 5.18. The highest BCUT2D eigenvalue weighted by atomic mass is 16.2. The van der Waals surface area contributed by atoms with Crippen molar-refractivity contribution in [3.8, 4) is 0 Å². The number of nitrogens with zero attached hydrogens (tertiary/aromatic N) is 1. The molecule has 1 atom stereocenters. The summed E-state index contributed by atoms with van der Waals surface area (Å²) in [6, 6.07) is 29.1. The Balaban J connectivity index is 0.000000367. The molecule has 0 aliphatic heterocycles. The first-order valence-electron chi connectivity index (χ1n) is 10.3. The van der Waals surface area contributed by atoms with Gasteiger partial charge in [-0.15, -0.1) is 0 Å². The lowest BCUT2D eigenvalue weighted by atomic mass is 10.0. The number of amides is 2. The lowest BCUT2D eigenvalue weighted by molar-refractivity contribution is -0.119. The fourth-order valence-corrected chi connectivity index (χ4v) is 3.35. The van der Waals surface area contributed by atoms with Crippen LogP contribution in [0.5, 0.6) is 0 Å². The number of carbonyl (C=O) groups excluding carboxylic acids is 2. The fraction of sp³-hybridized carbons (Fsp3) is 0.231. The summed E-state index contributed by atoms with van der Waals surface area (Å²) in [6.07, 6.45) is 2.46. The van der Waals surface area contributed by atoms with Gasteiger partial charge in [-0.25, -0.2) is 0 Å². The van der Waals surface area contributed by atoms with E-state index >= 15 is 0 Å². The summed E-state index contributed by atoms with van der Waals surface area (Å²) in [5.41, 5.74) is 8.28. The summed E-state index contributed by atoms with van der Waals surface area (Å²) < 4.78 is 0. The van der Waals surface area contributed by atoms with Gasteiger partial charge in [-0.3, -0.25) is 9.59 Å². The number of nitrogens with two attached hydrogens (primary N) is 1. The summed E-state index contributed by atoms with van der Waals surface area (Å²) >= 11 is 0. The van der Waals surface area contributed by atoms with Crippen molar-refractivity contribution in [3.63, 3.8) is 0 Å². The summed E-state index contributed by atoms with van der Waals surface area (Å²) in [5, 5.41) is 0. The number of carbonyl (C=O) groups is 2. The third-order valence-electron chi connectivity index (χ3n) is 5.18. The van der Waals surface area contributed by atoms with E-state index in [1.165, 1.54) is 18.4 Å². The highest BCUT2D eigenvalue weighted by molar-refractivity contribution is 5.96. The Labute approximate surface area is 178 Å². The molecular formula is C26H28N2O2. The molecule has 154 valence electrons. The molecule has 0 saturated heterocycles. The molecule has 4 heteroatoms. The van der Waals surface area contributed by atoms with Gasteiger partial charge in [0.25, 0.3) is 5.91 Å². The van der Waals surface area contributed by atoms with Crippen LogP contribution >= 0.6 is 0 Å². The first kappa shape index (κ1) is 21.3. The molecule has 1 unspecified atom stereocenters. The van der Waals surface area contributed by atoms with Crippen molar-refractivity contribution >= 4 is 11.8 Å². The highest BCUT2D eigenvalue weighted by Gasteiger charge is 2.27. The predicted octanol–water partition coefficient (Wildman–Crippen LogP) is 4.94. The molecule has 4 nitrogen and oxygen atoms in total. The zero-order chi connectivity index (χ0) is 21.3. The lowest BCUT2D eigenvalue weighted by Crippen LogP contribution is -2.40. The average molecular weight is 401 g/mol. The Bertz CT molecular complexity index is 926. The monoisotopic (exact) mass is 400 g/mol. The van der Waals surface area contributed by atoms with Crippen LogP contribution in [0.3, 0.4) is 0 Å². The lowest BCUT2D eigenvalue weighted by Gasteiger charge is -2.29. The minimum atomic E-state index is -0.510. The molecule has 0 heterocycles. The van der Waals surface area contributed by atoms with Crippen molar-refractivity contribution in [3.05, 3.63) is 108 Å². The van der Waals surface area contributed by atoms with E-state index in [1.807, 2.05) is 73.7 Å². The summed E-state index contributed by atoms with van der Waals surface area (Å²) in [5.74, 6) is -0.0465. The zero-order valence-corrected chi connectivity index (χ0v) is 17.3. The van der Waals surface area contributed by atoms with Crippen LogP contribution in [0.4, 0.5) is 0 Å². The standard InChI is InChI=1S/C20H22N2O2.C6H6/c1-14(17-8-5-9-18(12-17)15-10-11-15)22(13-19(21)23)20(24)16-6-3-2-4-7-16;1-2-4-6-5-3-1/h2-9,12,14-15H,10-11,13H2,1H3,(H2,21,23);1-6H. The molecule has 3 aromatic rings. The quantitative estimate of drug-likeness (QED) is 0.637. The fourth-order valence-electron chi connectivity index (χ4n) is 3.35. The maximum Gasteiger partial charge on any atom is 0.254 e. The van der Waals surface area contributed by atoms with Crippen LogP contribution in [0.15, 0.2) is 91.0 Å². The molecule has 0 radical (unpaired) electrons. The van der Waals surface area contributed by atoms with Crippen LogP contribution in [0.1, 0.15) is 53.2 Å². The molecule has 1 aliphatic carbocycles. The highest BCUT2D eigenvalue weighted by Crippen LogP contribution is 2.40. The van der Waals surface area contributed by atoms with Gasteiger partial charge in [0.15, 0.2) is 0 Å². The Morgan fingerprint density at radius 2 is 1.47 bits per heavy atom. The summed E-state index contributed by atoms with van der Waals surface area (Å²) in [4.78, 5) is 25.9. The minimum Gasteiger partial charge on any atom is -0.368 e. The summed E-state index contributed by atoms with van der Waals surface area (Å²) in [6.45, 7) is 1.85. The predicted molar refractivity (Wildman–Crippen MR) is 120 cm³/mol. The van der Waals surface area contributed by atoms with Crippen LogP contribution < -0.4 is 5.73 Å². The number of hydrogen-bond acceptors (Lipinski definition) is 2. The van der Waals surface area contributed by atoms with Gasteiger partial charge in [0, 0.05) is 5.56 Å². The van der Waals surface area contributed by atoms with Gasteiger partial charge in [-0.2, -0.15) is 0 Å². The van der Waals surface area contributed by atoms with Crippen molar-refractivity contribution in [2.45, 2.75) is 31.7 Å². The van der Waals surface area contributed by atoms with Gasteiger partial charge >= 0.3 is 0 Å². The minimum absolute atomic E-state index is 0.0947. The largest absolute Gasteiger partial charge is 0.368 e. The second-order valence-corrected chi connectivity index (χ2v) is 7.54. The molecular weight excluding hydrogens is 372 g/mol. The van der Waals surface area contributed by atoms with E-state index in [2.05, 4.69) is 12.1 Å². The third kappa shape index (κ3) is 6.05. The van der Waals surface area contributed by atoms with Gasteiger partial charge in [-0.1, -0.05) is 78.9 Å². The Hall–Kier alpha value is -3.40. The summed E-state index contributed by atoms with van der Waals surface area (Å²) in [7, 11) is 0. The maximum atomic E-state index is 12.8. The zero-order valence-electron chi connectivity index (χ0n) is 17.3. The second-order valence-electron chi connectivity index (χ2n) is 7.54. The van der Waals surface area contributed by atoms with E-state index in [4.69, 9.17) is 5.73 Å². The number of benzene rings is 3. The van der Waals surface area contributed by atoms with Crippen LogP contribution in [-0.4, -0.2) is 23.3 Å². The molecule has 30 heavy (non-hydrogen) atoms. The van der Waals surface area contributed by atoms with Crippen molar-refractivity contribution in [1.82, 2.24) is 4.90 Å². The van der Waals surface area contributed by atoms with Crippen molar-refractivity contribution < 1.29 is 9.59 Å². The van der Waals surface area contributed by atoms with E-state index in [-0.39, 0.29) is 18.5 Å². The topological polar surface area (TPSA) is 63.4 Å². The number of hydrogen-bond donors (Lipinski definition) is 1. The van der Waals surface area contributed by atoms with Crippen LogP contribution in [0.25, 0.3) is 0 Å². The Morgan fingerprint density at radius 1 is 0.900 bits per heavy atom. The normalized spacial score (nSPS) is 13.5. The SMILES string of the molecule is CC(c1cccc(C2CC2)c1)N(CC(N)=O)C(=O)c1ccccc1.c1ccccc1. The van der Waals surface area contributed by atoms with Crippen LogP contribution in [0.2, 0.25) is 0 Å². The van der Waals surface area contributed by atoms with E-state index in [0.29, 0.717) is 11.5 Å². The van der Waals surface area contributed by atoms with Crippen LogP contribution in [0, 0.1) is 0 Å². The molecule has 0 aromatic heterocycles. The molecule has 4 rings (SSSR count). The Morgan fingerprint density at radius 3 is 2.00 bits per heavy atom. The van der Waals surface area contributed by atoms with Crippen molar-refractivity contribution in [1.29, 1.82) is 0 Å². The first-order valence-corrected chi connectivity index (χ1v) is 10.3. The number of primary amides is 1. The molecule has 1 aliphatic rings. The molecule has 2 N–H and O–H groups in total. The van der Waals surface area contributed by atoms with Gasteiger partial charge in [0.2, 0.25) is 5.91 Å². The van der Waals surface area contributed by atoms with Gasteiger partial charge in [0.05, 0.1) is 6.04 Å².